The number of hydroxylamine groups is 2. The van der Waals surface area contributed by atoms with E-state index in [4.69, 9.17) is 9.57 Å². The first kappa shape index (κ1) is 25.9. The van der Waals surface area contributed by atoms with Gasteiger partial charge in [-0.1, -0.05) is 47.5 Å². The average Bonchev–Trinajstić information content (AvgIpc) is 2.58. The highest BCUT2D eigenvalue weighted by molar-refractivity contribution is 5.00. The van der Waals surface area contributed by atoms with Gasteiger partial charge in [-0.15, -0.1) is 0 Å². The Morgan fingerprint density at radius 1 is 0.786 bits per heavy atom. The van der Waals surface area contributed by atoms with Gasteiger partial charge in [0, 0.05) is 11.1 Å². The molecular formula is C25H51NO2. The van der Waals surface area contributed by atoms with Crippen molar-refractivity contribution < 1.29 is 9.57 Å². The Labute approximate surface area is 176 Å². The Kier molecular flexibility index (Phi) is 8.27. The lowest BCUT2D eigenvalue weighted by Crippen LogP contribution is -2.62. The minimum Gasteiger partial charge on any atom is -0.367 e. The summed E-state index contributed by atoms with van der Waals surface area (Å²) in [5.41, 5.74) is 0.0208. The van der Waals surface area contributed by atoms with Crippen molar-refractivity contribution in [3.8, 4) is 0 Å². The maximum absolute atomic E-state index is 6.55. The zero-order chi connectivity index (χ0) is 22.0. The highest BCUT2D eigenvalue weighted by Gasteiger charge is 2.50. The Morgan fingerprint density at radius 3 is 1.57 bits per heavy atom. The highest BCUT2D eigenvalue weighted by Crippen LogP contribution is 2.50. The number of piperidine rings is 1. The summed E-state index contributed by atoms with van der Waals surface area (Å²) in [7, 11) is 0. The van der Waals surface area contributed by atoms with E-state index < -0.39 is 0 Å². The average molecular weight is 398 g/mol. The van der Waals surface area contributed by atoms with Crippen LogP contribution in [-0.2, 0) is 9.57 Å². The first-order valence-electron chi connectivity index (χ1n) is 11.7. The fraction of sp³-hybridized carbons (Fsp3) is 1.00. The van der Waals surface area contributed by atoms with Crippen molar-refractivity contribution in [2.24, 2.45) is 11.3 Å². The summed E-state index contributed by atoms with van der Waals surface area (Å²) >= 11 is 0. The molecule has 1 heterocycles. The van der Waals surface area contributed by atoms with E-state index in [0.29, 0.717) is 12.0 Å². The third kappa shape index (κ3) is 5.95. The second kappa shape index (κ2) is 8.94. The maximum atomic E-state index is 6.55. The Bertz CT molecular complexity index is 469. The van der Waals surface area contributed by atoms with Crippen molar-refractivity contribution in [1.82, 2.24) is 5.06 Å². The molecule has 3 heteroatoms. The van der Waals surface area contributed by atoms with Crippen LogP contribution in [0.2, 0.25) is 0 Å². The van der Waals surface area contributed by atoms with Gasteiger partial charge in [0.05, 0.1) is 17.8 Å². The number of rotatable bonds is 10. The summed E-state index contributed by atoms with van der Waals surface area (Å²) in [4.78, 5) is 6.55. The minimum atomic E-state index is -0.314. The van der Waals surface area contributed by atoms with Crippen LogP contribution in [0, 0.1) is 11.3 Å². The molecule has 0 unspecified atom stereocenters. The molecule has 1 fully saturated rings. The van der Waals surface area contributed by atoms with E-state index in [1.807, 2.05) is 0 Å². The standard InChI is InChI=1S/C25H51NO2/c1-13-24(11,14-2)20-17-21(5,6)26(22(7,8)18-20)27-19-23(9,10)28-25(12,15-3)16-4/h20H,13-19H2,1-12H3. The van der Waals surface area contributed by atoms with Gasteiger partial charge in [0.15, 0.2) is 0 Å². The van der Waals surface area contributed by atoms with Crippen molar-refractivity contribution in [2.75, 3.05) is 6.61 Å². The fourth-order valence-electron chi connectivity index (χ4n) is 5.24. The van der Waals surface area contributed by atoms with Gasteiger partial charge in [-0.25, -0.2) is 0 Å². The van der Waals surface area contributed by atoms with Gasteiger partial charge in [0.25, 0.3) is 0 Å². The molecule has 0 amide bonds. The van der Waals surface area contributed by atoms with Crippen molar-refractivity contribution in [1.29, 1.82) is 0 Å². The summed E-state index contributed by atoms with van der Waals surface area (Å²) < 4.78 is 6.51. The molecule has 0 bridgehead atoms. The molecule has 1 saturated heterocycles. The molecule has 0 saturated carbocycles. The van der Waals surface area contributed by atoms with Crippen LogP contribution in [0.15, 0.2) is 0 Å². The lowest BCUT2D eigenvalue weighted by atomic mass is 9.62. The smallest absolute Gasteiger partial charge is 0.0970 e. The van der Waals surface area contributed by atoms with Gasteiger partial charge in [-0.05, 0) is 85.5 Å². The summed E-state index contributed by atoms with van der Waals surface area (Å²) in [6, 6.07) is 0. The second-order valence-electron chi connectivity index (χ2n) is 11.7. The first-order valence-corrected chi connectivity index (χ1v) is 11.7. The van der Waals surface area contributed by atoms with E-state index in [0.717, 1.165) is 18.8 Å². The Morgan fingerprint density at radius 2 is 1.21 bits per heavy atom. The van der Waals surface area contributed by atoms with Crippen LogP contribution in [0.4, 0.5) is 0 Å². The molecule has 0 radical (unpaired) electrons. The molecule has 168 valence electrons. The van der Waals surface area contributed by atoms with E-state index in [1.165, 1.54) is 25.7 Å². The monoisotopic (exact) mass is 397 g/mol. The van der Waals surface area contributed by atoms with Gasteiger partial charge in [-0.3, -0.25) is 4.84 Å². The molecule has 0 N–H and O–H groups in total. The molecule has 28 heavy (non-hydrogen) atoms. The van der Waals surface area contributed by atoms with Crippen LogP contribution in [-0.4, -0.2) is 34.0 Å². The van der Waals surface area contributed by atoms with E-state index in [-0.39, 0.29) is 22.3 Å². The second-order valence-corrected chi connectivity index (χ2v) is 11.7. The third-order valence-corrected chi connectivity index (χ3v) is 7.75. The van der Waals surface area contributed by atoms with E-state index in [9.17, 15) is 0 Å². The van der Waals surface area contributed by atoms with E-state index >= 15 is 0 Å². The van der Waals surface area contributed by atoms with Gasteiger partial charge in [-0.2, -0.15) is 5.06 Å². The van der Waals surface area contributed by atoms with Crippen LogP contribution in [0.1, 0.15) is 122 Å². The van der Waals surface area contributed by atoms with E-state index in [1.54, 1.807) is 0 Å². The molecular weight excluding hydrogens is 346 g/mol. The molecule has 1 aliphatic heterocycles. The lowest BCUT2D eigenvalue weighted by Gasteiger charge is -2.57. The zero-order valence-electron chi connectivity index (χ0n) is 21.3. The van der Waals surface area contributed by atoms with Crippen molar-refractivity contribution in [3.05, 3.63) is 0 Å². The molecule has 1 rings (SSSR count). The molecule has 3 nitrogen and oxygen atoms in total. The first-order chi connectivity index (χ1) is 12.6. The molecule has 0 atom stereocenters. The van der Waals surface area contributed by atoms with Gasteiger partial charge < -0.3 is 4.74 Å². The fourth-order valence-corrected chi connectivity index (χ4v) is 5.24. The normalized spacial score (nSPS) is 21.9. The number of hydrogen-bond acceptors (Lipinski definition) is 3. The zero-order valence-corrected chi connectivity index (χ0v) is 21.3. The van der Waals surface area contributed by atoms with Crippen LogP contribution < -0.4 is 0 Å². The molecule has 0 aromatic rings. The predicted octanol–water partition coefficient (Wildman–Crippen LogP) is 7.39. The predicted molar refractivity (Wildman–Crippen MR) is 122 cm³/mol. The summed E-state index contributed by atoms with van der Waals surface area (Å²) in [5.74, 6) is 0.722. The summed E-state index contributed by atoms with van der Waals surface area (Å²) in [6.07, 6.45) is 6.88. The summed E-state index contributed by atoms with van der Waals surface area (Å²) in [6.45, 7) is 28.1. The number of ether oxygens (including phenoxy) is 1. The van der Waals surface area contributed by atoms with Crippen molar-refractivity contribution in [2.45, 2.75) is 144 Å². The highest BCUT2D eigenvalue weighted by atomic mass is 16.7. The van der Waals surface area contributed by atoms with Crippen LogP contribution in [0.3, 0.4) is 0 Å². The minimum absolute atomic E-state index is 0.00686. The van der Waals surface area contributed by atoms with Crippen molar-refractivity contribution in [3.63, 3.8) is 0 Å². The van der Waals surface area contributed by atoms with Crippen LogP contribution in [0.5, 0.6) is 0 Å². The van der Waals surface area contributed by atoms with Crippen LogP contribution in [0.25, 0.3) is 0 Å². The molecule has 1 aliphatic rings. The molecule has 0 spiro atoms. The number of nitrogens with zero attached hydrogens (tertiary/aromatic N) is 1. The SMILES string of the molecule is CCC(C)(CC)OC(C)(C)CON1C(C)(C)CC(C(C)(CC)CC)CC1(C)C. The lowest BCUT2D eigenvalue weighted by molar-refractivity contribution is -0.316. The summed E-state index contributed by atoms with van der Waals surface area (Å²) in [5, 5.41) is 2.29. The third-order valence-electron chi connectivity index (χ3n) is 7.75. The van der Waals surface area contributed by atoms with Gasteiger partial charge >= 0.3 is 0 Å². The van der Waals surface area contributed by atoms with Crippen LogP contribution >= 0.6 is 0 Å². The maximum Gasteiger partial charge on any atom is 0.0970 e. The molecule has 0 aromatic carbocycles. The van der Waals surface area contributed by atoms with Crippen molar-refractivity contribution >= 4 is 0 Å². The topological polar surface area (TPSA) is 21.7 Å². The molecule has 0 aromatic heterocycles. The Balaban J connectivity index is 2.94. The van der Waals surface area contributed by atoms with Gasteiger partial charge in [0.2, 0.25) is 0 Å². The Hall–Kier alpha value is -0.120. The molecule has 0 aliphatic carbocycles. The largest absolute Gasteiger partial charge is 0.367 e. The quantitative estimate of drug-likeness (QED) is 0.383. The van der Waals surface area contributed by atoms with Gasteiger partial charge in [0.1, 0.15) is 0 Å². The number of hydrogen-bond donors (Lipinski definition) is 0. The van der Waals surface area contributed by atoms with E-state index in [2.05, 4.69) is 88.1 Å².